The molecule has 8 heteroatoms. The first-order valence-electron chi connectivity index (χ1n) is 10.7. The highest BCUT2D eigenvalue weighted by atomic mass is 32.2. The molecule has 4 rings (SSSR count). The molecular weight excluding hydrogens is 424 g/mol. The van der Waals surface area contributed by atoms with E-state index in [2.05, 4.69) is 36.2 Å². The van der Waals surface area contributed by atoms with Crippen LogP contribution >= 0.6 is 11.8 Å². The van der Waals surface area contributed by atoms with Crippen LogP contribution in [0.15, 0.2) is 53.9 Å². The molecule has 1 aromatic heterocycles. The van der Waals surface area contributed by atoms with E-state index in [0.717, 1.165) is 30.0 Å². The Morgan fingerprint density at radius 2 is 1.78 bits per heavy atom. The number of likely N-dealkylation sites (tertiary alicyclic amines) is 1. The Labute approximate surface area is 192 Å². The smallest absolute Gasteiger partial charge is 0.233 e. The maximum atomic E-state index is 12.8. The number of thioether (sulfide) groups is 1. The maximum absolute atomic E-state index is 12.8. The number of methoxy groups -OCH3 is 1. The number of piperidine rings is 1. The van der Waals surface area contributed by atoms with Crippen LogP contribution in [0.3, 0.4) is 0 Å². The number of aryl methyl sites for hydroxylation is 2. The third-order valence-electron chi connectivity index (χ3n) is 5.77. The fourth-order valence-electron chi connectivity index (χ4n) is 3.66. The second kappa shape index (κ2) is 10.1. The number of carbonyl (C=O) groups is 1. The van der Waals surface area contributed by atoms with Gasteiger partial charge in [-0.1, -0.05) is 17.8 Å². The molecule has 0 saturated carbocycles. The molecule has 2 heterocycles. The fraction of sp³-hybridized carbons (Fsp3) is 0.375. The van der Waals surface area contributed by atoms with Crippen LogP contribution in [0.25, 0.3) is 5.69 Å². The van der Waals surface area contributed by atoms with E-state index in [9.17, 15) is 4.79 Å². The van der Waals surface area contributed by atoms with E-state index in [-0.39, 0.29) is 12.0 Å². The van der Waals surface area contributed by atoms with Gasteiger partial charge in [-0.3, -0.25) is 9.36 Å². The lowest BCUT2D eigenvalue weighted by Gasteiger charge is -2.32. The van der Waals surface area contributed by atoms with Gasteiger partial charge in [-0.05, 0) is 61.4 Å². The van der Waals surface area contributed by atoms with Gasteiger partial charge in [0, 0.05) is 31.6 Å². The normalized spacial score (nSPS) is 14.4. The second-order valence-corrected chi connectivity index (χ2v) is 8.86. The number of ether oxygens (including phenoxy) is 2. The van der Waals surface area contributed by atoms with Gasteiger partial charge in [0.25, 0.3) is 0 Å². The van der Waals surface area contributed by atoms with Crippen LogP contribution in [0.4, 0.5) is 0 Å². The minimum absolute atomic E-state index is 0.115. The molecule has 3 aromatic rings. The minimum Gasteiger partial charge on any atom is -0.497 e. The summed E-state index contributed by atoms with van der Waals surface area (Å²) in [5, 5.41) is 8.88. The first kappa shape index (κ1) is 22.2. The number of aromatic nitrogens is 3. The van der Waals surface area contributed by atoms with Crippen molar-refractivity contribution >= 4 is 17.7 Å². The van der Waals surface area contributed by atoms with E-state index in [1.54, 1.807) is 13.4 Å². The number of benzene rings is 2. The number of nitrogens with zero attached hydrogens (tertiary/aromatic N) is 4. The fourth-order valence-corrected chi connectivity index (χ4v) is 4.49. The van der Waals surface area contributed by atoms with Gasteiger partial charge in [-0.15, -0.1) is 10.2 Å². The van der Waals surface area contributed by atoms with Crippen LogP contribution in [0, 0.1) is 13.8 Å². The molecule has 1 saturated heterocycles. The summed E-state index contributed by atoms with van der Waals surface area (Å²) >= 11 is 1.40. The first-order chi connectivity index (χ1) is 15.5. The molecule has 1 fully saturated rings. The summed E-state index contributed by atoms with van der Waals surface area (Å²) < 4.78 is 13.2. The average Bonchev–Trinajstić information content (AvgIpc) is 3.29. The summed E-state index contributed by atoms with van der Waals surface area (Å²) in [6.07, 6.45) is 3.48. The van der Waals surface area contributed by atoms with Crippen molar-refractivity contribution in [3.05, 3.63) is 59.9 Å². The van der Waals surface area contributed by atoms with Crippen LogP contribution in [0.2, 0.25) is 0 Å². The molecular formula is C24H28N4O3S. The predicted molar refractivity (Wildman–Crippen MR) is 125 cm³/mol. The van der Waals surface area contributed by atoms with Crippen molar-refractivity contribution in [2.24, 2.45) is 0 Å². The minimum atomic E-state index is 0.115. The van der Waals surface area contributed by atoms with Gasteiger partial charge < -0.3 is 14.4 Å². The van der Waals surface area contributed by atoms with Crippen LogP contribution in [0.5, 0.6) is 11.5 Å². The summed E-state index contributed by atoms with van der Waals surface area (Å²) in [6, 6.07) is 13.9. The number of hydrogen-bond acceptors (Lipinski definition) is 6. The molecule has 7 nitrogen and oxygen atoms in total. The summed E-state index contributed by atoms with van der Waals surface area (Å²) in [6.45, 7) is 5.61. The zero-order valence-corrected chi connectivity index (χ0v) is 19.5. The number of carbonyl (C=O) groups excluding carboxylic acids is 1. The average molecular weight is 453 g/mol. The summed E-state index contributed by atoms with van der Waals surface area (Å²) in [4.78, 5) is 14.7. The molecule has 1 aliphatic heterocycles. The summed E-state index contributed by atoms with van der Waals surface area (Å²) in [5.41, 5.74) is 3.42. The third kappa shape index (κ3) is 5.24. The van der Waals surface area contributed by atoms with Crippen molar-refractivity contribution in [2.75, 3.05) is 26.0 Å². The Morgan fingerprint density at radius 1 is 1.06 bits per heavy atom. The maximum Gasteiger partial charge on any atom is 0.233 e. The van der Waals surface area contributed by atoms with Gasteiger partial charge in [0.05, 0.1) is 12.9 Å². The molecule has 168 valence electrons. The molecule has 32 heavy (non-hydrogen) atoms. The molecule has 0 N–H and O–H groups in total. The largest absolute Gasteiger partial charge is 0.497 e. The van der Waals surface area contributed by atoms with Crippen LogP contribution in [0.1, 0.15) is 24.0 Å². The predicted octanol–water partition coefficient (Wildman–Crippen LogP) is 4.05. The Morgan fingerprint density at radius 3 is 2.47 bits per heavy atom. The van der Waals surface area contributed by atoms with Gasteiger partial charge in [-0.25, -0.2) is 0 Å². The number of hydrogen-bond donors (Lipinski definition) is 0. The quantitative estimate of drug-likeness (QED) is 0.504. The van der Waals surface area contributed by atoms with E-state index in [1.165, 1.54) is 22.9 Å². The Bertz CT molecular complexity index is 1060. The molecule has 0 spiro atoms. The van der Waals surface area contributed by atoms with E-state index in [0.29, 0.717) is 24.0 Å². The van der Waals surface area contributed by atoms with Gasteiger partial charge >= 0.3 is 0 Å². The molecule has 0 aliphatic carbocycles. The molecule has 0 atom stereocenters. The Kier molecular flexibility index (Phi) is 6.99. The molecule has 0 unspecified atom stereocenters. The lowest BCUT2D eigenvalue weighted by atomic mass is 10.1. The van der Waals surface area contributed by atoms with Gasteiger partial charge in [0.1, 0.15) is 23.9 Å². The standard InChI is InChI=1S/C24H28N4O3S/c1-17-4-7-22(14-18(17)2)31-21-10-12-27(13-11-21)23(29)15-32-24-26-25-16-28(24)19-5-8-20(30-3)9-6-19/h4-9,14,16,21H,10-13,15H2,1-3H3. The highest BCUT2D eigenvalue weighted by molar-refractivity contribution is 7.99. The van der Waals surface area contributed by atoms with Gasteiger partial charge in [0.2, 0.25) is 5.91 Å². The number of rotatable bonds is 7. The Hall–Kier alpha value is -3.00. The van der Waals surface area contributed by atoms with Crippen LogP contribution in [-0.4, -0.2) is 57.6 Å². The zero-order valence-electron chi connectivity index (χ0n) is 18.7. The van der Waals surface area contributed by atoms with Crippen molar-refractivity contribution in [1.82, 2.24) is 19.7 Å². The molecule has 0 bridgehead atoms. The lowest BCUT2D eigenvalue weighted by Crippen LogP contribution is -2.42. The van der Waals surface area contributed by atoms with E-state index >= 15 is 0 Å². The Balaban J connectivity index is 1.28. The van der Waals surface area contributed by atoms with Crippen molar-refractivity contribution in [2.45, 2.75) is 37.9 Å². The van der Waals surface area contributed by atoms with Crippen molar-refractivity contribution < 1.29 is 14.3 Å². The molecule has 1 aliphatic rings. The van der Waals surface area contributed by atoms with E-state index in [4.69, 9.17) is 9.47 Å². The van der Waals surface area contributed by atoms with Crippen molar-refractivity contribution in [1.29, 1.82) is 0 Å². The van der Waals surface area contributed by atoms with Crippen LogP contribution in [-0.2, 0) is 4.79 Å². The highest BCUT2D eigenvalue weighted by Crippen LogP contribution is 2.24. The lowest BCUT2D eigenvalue weighted by molar-refractivity contribution is -0.130. The molecule has 0 radical (unpaired) electrons. The SMILES string of the molecule is COc1ccc(-n2cnnc2SCC(=O)N2CCC(Oc3ccc(C)c(C)c3)CC2)cc1. The topological polar surface area (TPSA) is 69.5 Å². The van der Waals surface area contributed by atoms with E-state index in [1.807, 2.05) is 39.8 Å². The third-order valence-corrected chi connectivity index (χ3v) is 6.70. The zero-order chi connectivity index (χ0) is 22.5. The molecule has 2 aromatic carbocycles. The highest BCUT2D eigenvalue weighted by Gasteiger charge is 2.24. The van der Waals surface area contributed by atoms with Crippen molar-refractivity contribution in [3.63, 3.8) is 0 Å². The van der Waals surface area contributed by atoms with Crippen molar-refractivity contribution in [3.8, 4) is 17.2 Å². The van der Waals surface area contributed by atoms with Gasteiger partial charge in [0.15, 0.2) is 5.16 Å². The summed E-state index contributed by atoms with van der Waals surface area (Å²) in [5.74, 6) is 2.14. The molecule has 1 amide bonds. The van der Waals surface area contributed by atoms with Gasteiger partial charge in [-0.2, -0.15) is 0 Å². The summed E-state index contributed by atoms with van der Waals surface area (Å²) in [7, 11) is 1.64. The monoisotopic (exact) mass is 452 g/mol. The second-order valence-electron chi connectivity index (χ2n) is 7.91. The number of amides is 1. The van der Waals surface area contributed by atoms with Crippen LogP contribution < -0.4 is 9.47 Å². The van der Waals surface area contributed by atoms with E-state index < -0.39 is 0 Å². The first-order valence-corrected chi connectivity index (χ1v) is 11.7.